The van der Waals surface area contributed by atoms with E-state index >= 15 is 0 Å². The van der Waals surface area contributed by atoms with E-state index in [-0.39, 0.29) is 17.4 Å². The third-order valence-electron chi connectivity index (χ3n) is 2.41. The smallest absolute Gasteiger partial charge is 0.229 e. The van der Waals surface area contributed by atoms with Gasteiger partial charge in [-0.25, -0.2) is 4.99 Å². The Kier molecular flexibility index (Phi) is 2.08. The van der Waals surface area contributed by atoms with Crippen molar-refractivity contribution < 1.29 is 4.79 Å². The van der Waals surface area contributed by atoms with Gasteiger partial charge in [-0.05, 0) is 12.8 Å². The van der Waals surface area contributed by atoms with Crippen LogP contribution in [0.25, 0.3) is 0 Å². The maximum atomic E-state index is 11.1. The first-order chi connectivity index (χ1) is 5.44. The molecule has 0 aromatic rings. The Balaban J connectivity index is 2.92. The van der Waals surface area contributed by atoms with Gasteiger partial charge in [-0.1, -0.05) is 13.8 Å². The summed E-state index contributed by atoms with van der Waals surface area (Å²) < 4.78 is 0. The van der Waals surface area contributed by atoms with Gasteiger partial charge in [0, 0.05) is 0 Å². The number of nitrogens with zero attached hydrogens (tertiary/aromatic N) is 1. The van der Waals surface area contributed by atoms with Gasteiger partial charge in [0.2, 0.25) is 5.91 Å². The third kappa shape index (κ3) is 1.57. The summed E-state index contributed by atoms with van der Waals surface area (Å²) in [6, 6.07) is 0. The van der Waals surface area contributed by atoms with Crippen molar-refractivity contribution in [3.63, 3.8) is 0 Å². The quantitative estimate of drug-likeness (QED) is 0.590. The Morgan fingerprint density at radius 1 is 1.67 bits per heavy atom. The summed E-state index contributed by atoms with van der Waals surface area (Å²) in [5, 5.41) is 2.48. The fraction of sp³-hybridized carbons (Fsp3) is 0.750. The highest BCUT2D eigenvalue weighted by Gasteiger charge is 2.34. The maximum Gasteiger partial charge on any atom is 0.229 e. The van der Waals surface area contributed by atoms with Crippen LogP contribution in [0.15, 0.2) is 4.99 Å². The molecule has 0 spiro atoms. The normalized spacial score (nSPS) is 30.0. The van der Waals surface area contributed by atoms with Crippen molar-refractivity contribution in [2.24, 2.45) is 16.6 Å². The number of nitrogens with one attached hydrogen (secondary N) is 1. The predicted octanol–water partition coefficient (Wildman–Crippen LogP) is 0.236. The molecule has 0 saturated carbocycles. The van der Waals surface area contributed by atoms with Crippen molar-refractivity contribution in [3.8, 4) is 0 Å². The lowest BCUT2D eigenvalue weighted by molar-refractivity contribution is -0.121. The highest BCUT2D eigenvalue weighted by molar-refractivity contribution is 5.98. The van der Waals surface area contributed by atoms with Crippen molar-refractivity contribution in [2.75, 3.05) is 0 Å². The molecule has 0 aliphatic carbocycles. The minimum absolute atomic E-state index is 0.0429. The number of hydrogen-bond acceptors (Lipinski definition) is 3. The van der Waals surface area contributed by atoms with E-state index in [0.717, 1.165) is 0 Å². The summed E-state index contributed by atoms with van der Waals surface area (Å²) in [5.74, 6) is 0.517. The molecule has 1 unspecified atom stereocenters. The fourth-order valence-electron chi connectivity index (χ4n) is 1.19. The zero-order valence-corrected chi connectivity index (χ0v) is 7.72. The van der Waals surface area contributed by atoms with E-state index in [0.29, 0.717) is 12.3 Å². The predicted molar refractivity (Wildman–Crippen MR) is 47.6 cm³/mol. The summed E-state index contributed by atoms with van der Waals surface area (Å²) >= 11 is 0. The van der Waals surface area contributed by atoms with Crippen LogP contribution < -0.4 is 11.1 Å². The topological polar surface area (TPSA) is 67.5 Å². The lowest BCUT2D eigenvalue weighted by Gasteiger charge is -2.32. The molecule has 1 aliphatic heterocycles. The van der Waals surface area contributed by atoms with Gasteiger partial charge >= 0.3 is 0 Å². The van der Waals surface area contributed by atoms with Gasteiger partial charge < -0.3 is 5.73 Å². The second-order valence-corrected chi connectivity index (χ2v) is 3.73. The van der Waals surface area contributed by atoms with Crippen molar-refractivity contribution in [3.05, 3.63) is 0 Å². The van der Waals surface area contributed by atoms with Gasteiger partial charge in [0.1, 0.15) is 0 Å². The van der Waals surface area contributed by atoms with Crippen molar-refractivity contribution in [2.45, 2.75) is 32.7 Å². The molecule has 1 atom stereocenters. The lowest BCUT2D eigenvalue weighted by Crippen LogP contribution is -2.49. The molecule has 0 bridgehead atoms. The minimum atomic E-state index is -0.327. The average Bonchev–Trinajstić information content (AvgIpc) is 1.82. The average molecular weight is 169 g/mol. The van der Waals surface area contributed by atoms with Gasteiger partial charge in [-0.15, -0.1) is 0 Å². The molecule has 4 heteroatoms. The molecule has 1 amide bonds. The molecule has 0 aromatic carbocycles. The SMILES string of the molecule is CC(C)C1(C)CC(=O)NC(N)=N1. The number of rotatable bonds is 1. The van der Waals surface area contributed by atoms with E-state index in [4.69, 9.17) is 5.73 Å². The summed E-state index contributed by atoms with van der Waals surface area (Å²) in [7, 11) is 0. The summed E-state index contributed by atoms with van der Waals surface area (Å²) in [4.78, 5) is 15.3. The third-order valence-corrected chi connectivity index (χ3v) is 2.41. The van der Waals surface area contributed by atoms with Crippen LogP contribution in [-0.2, 0) is 4.79 Å². The zero-order chi connectivity index (χ0) is 9.35. The van der Waals surface area contributed by atoms with Crippen LogP contribution in [0, 0.1) is 5.92 Å². The van der Waals surface area contributed by atoms with Crippen LogP contribution in [0.1, 0.15) is 27.2 Å². The zero-order valence-electron chi connectivity index (χ0n) is 7.72. The van der Waals surface area contributed by atoms with Crippen LogP contribution in [-0.4, -0.2) is 17.4 Å². The highest BCUT2D eigenvalue weighted by Crippen LogP contribution is 2.26. The molecule has 12 heavy (non-hydrogen) atoms. The Hall–Kier alpha value is -1.06. The molecule has 1 aliphatic rings. The van der Waals surface area contributed by atoms with Crippen LogP contribution in [0.5, 0.6) is 0 Å². The highest BCUT2D eigenvalue weighted by atomic mass is 16.1. The second-order valence-electron chi connectivity index (χ2n) is 3.73. The molecule has 68 valence electrons. The van der Waals surface area contributed by atoms with Crippen molar-refractivity contribution in [1.29, 1.82) is 0 Å². The molecule has 0 saturated heterocycles. The van der Waals surface area contributed by atoms with Crippen LogP contribution >= 0.6 is 0 Å². The lowest BCUT2D eigenvalue weighted by atomic mass is 9.85. The van der Waals surface area contributed by atoms with E-state index in [9.17, 15) is 4.79 Å². The molecule has 0 aromatic heterocycles. The van der Waals surface area contributed by atoms with Gasteiger partial charge in [-0.3, -0.25) is 10.1 Å². The van der Waals surface area contributed by atoms with Gasteiger partial charge in [0.15, 0.2) is 5.96 Å². The van der Waals surface area contributed by atoms with Crippen LogP contribution in [0.2, 0.25) is 0 Å². The van der Waals surface area contributed by atoms with Crippen LogP contribution in [0.4, 0.5) is 0 Å². The number of guanidine groups is 1. The number of aliphatic imine (C=N–C) groups is 1. The van der Waals surface area contributed by atoms with E-state index in [1.807, 2.05) is 20.8 Å². The Bertz CT molecular complexity index is 234. The first kappa shape index (κ1) is 9.03. The summed E-state index contributed by atoms with van der Waals surface area (Å²) in [6.07, 6.45) is 0.422. The largest absolute Gasteiger partial charge is 0.370 e. The Morgan fingerprint density at radius 2 is 2.25 bits per heavy atom. The van der Waals surface area contributed by atoms with E-state index in [1.54, 1.807) is 0 Å². The summed E-state index contributed by atoms with van der Waals surface area (Å²) in [5.41, 5.74) is 5.13. The van der Waals surface area contributed by atoms with E-state index in [2.05, 4.69) is 10.3 Å². The molecule has 0 radical (unpaired) electrons. The number of amides is 1. The molecule has 1 heterocycles. The number of nitrogens with two attached hydrogens (primary N) is 1. The molecule has 3 N–H and O–H groups in total. The van der Waals surface area contributed by atoms with Gasteiger partial charge in [0.05, 0.1) is 12.0 Å². The monoisotopic (exact) mass is 169 g/mol. The number of carbonyl (C=O) groups is 1. The van der Waals surface area contributed by atoms with E-state index < -0.39 is 0 Å². The number of hydrogen-bond donors (Lipinski definition) is 2. The number of carbonyl (C=O) groups excluding carboxylic acids is 1. The van der Waals surface area contributed by atoms with Gasteiger partial charge in [0.25, 0.3) is 0 Å². The standard InChI is InChI=1S/C8H15N3O/c1-5(2)8(3)4-6(12)10-7(9)11-8/h5H,4H2,1-3H3,(H3,9,10,11,12). The van der Waals surface area contributed by atoms with Crippen LogP contribution in [0.3, 0.4) is 0 Å². The minimum Gasteiger partial charge on any atom is -0.370 e. The van der Waals surface area contributed by atoms with E-state index in [1.165, 1.54) is 0 Å². The fourth-order valence-corrected chi connectivity index (χ4v) is 1.19. The first-order valence-electron chi connectivity index (χ1n) is 4.09. The molecule has 1 rings (SSSR count). The molecule has 4 nitrogen and oxygen atoms in total. The maximum absolute atomic E-state index is 11.1. The second kappa shape index (κ2) is 2.77. The Labute approximate surface area is 72.2 Å². The van der Waals surface area contributed by atoms with Crippen molar-refractivity contribution in [1.82, 2.24) is 5.32 Å². The summed E-state index contributed by atoms with van der Waals surface area (Å²) in [6.45, 7) is 6.02. The Morgan fingerprint density at radius 3 is 2.67 bits per heavy atom. The molecular formula is C8H15N3O. The van der Waals surface area contributed by atoms with Gasteiger partial charge in [-0.2, -0.15) is 0 Å². The van der Waals surface area contributed by atoms with Crippen molar-refractivity contribution >= 4 is 11.9 Å². The molecular weight excluding hydrogens is 154 g/mol. The first-order valence-corrected chi connectivity index (χ1v) is 4.09. The molecule has 0 fully saturated rings.